The highest BCUT2D eigenvalue weighted by Crippen LogP contribution is 2.68. The molecule has 0 aromatic carbocycles. The number of hydrogen-bond acceptors (Lipinski definition) is 5. The Hall–Kier alpha value is -1.19. The molecule has 1 aliphatic carbocycles. The van der Waals surface area contributed by atoms with Crippen LogP contribution in [0.3, 0.4) is 0 Å². The van der Waals surface area contributed by atoms with E-state index in [9.17, 15) is 4.79 Å². The van der Waals surface area contributed by atoms with Gasteiger partial charge in [-0.3, -0.25) is 4.79 Å². The van der Waals surface area contributed by atoms with Gasteiger partial charge in [-0.2, -0.15) is 10.4 Å². The van der Waals surface area contributed by atoms with Gasteiger partial charge in [0.05, 0.1) is 12.0 Å². The molecule has 1 heterocycles. The van der Waals surface area contributed by atoms with E-state index < -0.39 is 22.2 Å². The Morgan fingerprint density at radius 1 is 1.55 bits per heavy atom. The number of hydrogen-bond donors (Lipinski definition) is 0. The summed E-state index contributed by atoms with van der Waals surface area (Å²) in [6.45, 7) is 5.70. The van der Waals surface area contributed by atoms with E-state index >= 15 is 0 Å². The molecule has 6 nitrogen and oxygen atoms in total. The lowest BCUT2D eigenvalue weighted by atomic mass is 10.0. The van der Waals surface area contributed by atoms with Gasteiger partial charge in [-0.1, -0.05) is 19.0 Å². The van der Waals surface area contributed by atoms with Crippen LogP contribution >= 0.6 is 23.2 Å². The second-order valence-electron chi connectivity index (χ2n) is 5.55. The van der Waals surface area contributed by atoms with Gasteiger partial charge in [0, 0.05) is 11.3 Å². The lowest BCUT2D eigenvalue weighted by Crippen LogP contribution is -2.26. The summed E-state index contributed by atoms with van der Waals surface area (Å²) in [5.74, 6) is -1.14. The van der Waals surface area contributed by atoms with Crippen LogP contribution in [0.4, 0.5) is 0 Å². The van der Waals surface area contributed by atoms with Gasteiger partial charge >= 0.3 is 5.91 Å². The van der Waals surface area contributed by atoms with Crippen molar-refractivity contribution in [1.82, 2.24) is 0 Å². The van der Waals surface area contributed by atoms with Gasteiger partial charge in [0.1, 0.15) is 17.0 Å². The minimum atomic E-state index is -0.846. The van der Waals surface area contributed by atoms with Crippen LogP contribution in [0.5, 0.6) is 0 Å². The van der Waals surface area contributed by atoms with Gasteiger partial charge in [-0.15, -0.1) is 28.3 Å². The van der Waals surface area contributed by atoms with Crippen LogP contribution in [0, 0.1) is 28.6 Å². The number of amides is 1. The number of halogens is 2. The van der Waals surface area contributed by atoms with Gasteiger partial charge in [0.15, 0.2) is 5.71 Å². The largest absolute Gasteiger partial charge is 0.395 e. The SMILES string of the molecule is CC(C#N)C1N=NC(=O)C1=NOCC1C(C)(C)C1(Cl)Cl. The lowest BCUT2D eigenvalue weighted by molar-refractivity contribution is -0.112. The third kappa shape index (κ3) is 2.29. The summed E-state index contributed by atoms with van der Waals surface area (Å²) in [5, 5.41) is 19.8. The molecule has 2 rings (SSSR count). The van der Waals surface area contributed by atoms with Crippen molar-refractivity contribution >= 4 is 34.8 Å². The summed E-state index contributed by atoms with van der Waals surface area (Å²) in [6.07, 6.45) is 0. The van der Waals surface area contributed by atoms with Crippen molar-refractivity contribution in [1.29, 1.82) is 5.26 Å². The molecule has 3 atom stereocenters. The predicted molar refractivity (Wildman–Crippen MR) is 73.5 cm³/mol. The molecule has 3 unspecified atom stereocenters. The van der Waals surface area contributed by atoms with Crippen molar-refractivity contribution < 1.29 is 9.63 Å². The second-order valence-corrected chi connectivity index (χ2v) is 6.94. The Morgan fingerprint density at radius 2 is 2.15 bits per heavy atom. The van der Waals surface area contributed by atoms with E-state index in [0.29, 0.717) is 0 Å². The van der Waals surface area contributed by atoms with E-state index in [2.05, 4.69) is 15.4 Å². The highest BCUT2D eigenvalue weighted by Gasteiger charge is 2.70. The van der Waals surface area contributed by atoms with Crippen molar-refractivity contribution in [3.63, 3.8) is 0 Å². The fourth-order valence-corrected chi connectivity index (χ4v) is 2.93. The number of nitriles is 1. The standard InChI is InChI=1S/C12H14Cl2N4O2/c1-6(4-15)8-9(10(19)17-16-8)18-20-5-7-11(2,3)12(7,13)14/h6-8H,5H2,1-3H3. The quantitative estimate of drug-likeness (QED) is 0.590. The summed E-state index contributed by atoms with van der Waals surface area (Å²) in [5.41, 5.74) is -0.211. The minimum absolute atomic E-state index is 0.0484. The first-order valence-corrected chi connectivity index (χ1v) is 6.91. The minimum Gasteiger partial charge on any atom is -0.395 e. The fourth-order valence-electron chi connectivity index (χ4n) is 2.10. The summed E-state index contributed by atoms with van der Waals surface area (Å²) in [4.78, 5) is 16.7. The van der Waals surface area contributed by atoms with E-state index in [1.165, 1.54) is 0 Å². The Kier molecular flexibility index (Phi) is 3.78. The molecule has 0 N–H and O–H groups in total. The third-order valence-electron chi connectivity index (χ3n) is 3.94. The van der Waals surface area contributed by atoms with Gasteiger partial charge < -0.3 is 4.84 Å². The van der Waals surface area contributed by atoms with Crippen LogP contribution in [-0.2, 0) is 9.63 Å². The van der Waals surface area contributed by atoms with Crippen LogP contribution in [0.2, 0.25) is 0 Å². The molecule has 2 aliphatic rings. The lowest BCUT2D eigenvalue weighted by Gasteiger charge is -2.07. The van der Waals surface area contributed by atoms with Crippen molar-refractivity contribution in [3.05, 3.63) is 0 Å². The van der Waals surface area contributed by atoms with Gasteiger partial charge in [-0.25, -0.2) is 0 Å². The average Bonchev–Trinajstić information content (AvgIpc) is 2.66. The monoisotopic (exact) mass is 316 g/mol. The molecule has 1 fully saturated rings. The van der Waals surface area contributed by atoms with E-state index in [4.69, 9.17) is 33.3 Å². The van der Waals surface area contributed by atoms with Crippen LogP contribution in [0.25, 0.3) is 0 Å². The molecule has 0 saturated heterocycles. The van der Waals surface area contributed by atoms with E-state index in [1.54, 1.807) is 6.92 Å². The number of alkyl halides is 2. The Labute approximate surface area is 126 Å². The number of azo groups is 1. The molecular formula is C12H14Cl2N4O2. The normalized spacial score (nSPS) is 33.0. The number of nitrogens with zero attached hydrogens (tertiary/aromatic N) is 4. The topological polar surface area (TPSA) is 87.2 Å². The summed E-state index contributed by atoms with van der Waals surface area (Å²) in [6, 6.07) is 1.34. The van der Waals surface area contributed by atoms with E-state index in [-0.39, 0.29) is 23.7 Å². The fraction of sp³-hybridized carbons (Fsp3) is 0.750. The van der Waals surface area contributed by atoms with Gasteiger partial charge in [0.25, 0.3) is 0 Å². The van der Waals surface area contributed by atoms with Gasteiger partial charge in [-0.05, 0) is 6.92 Å². The van der Waals surface area contributed by atoms with Crippen molar-refractivity contribution in [2.75, 3.05) is 6.61 Å². The molecule has 0 radical (unpaired) electrons. The highest BCUT2D eigenvalue weighted by atomic mass is 35.5. The number of oxime groups is 1. The van der Waals surface area contributed by atoms with E-state index in [0.717, 1.165) is 0 Å². The molecule has 1 saturated carbocycles. The molecule has 0 bridgehead atoms. The maximum atomic E-state index is 11.5. The number of rotatable bonds is 4. The van der Waals surface area contributed by atoms with Crippen molar-refractivity contribution in [2.45, 2.75) is 31.1 Å². The average molecular weight is 317 g/mol. The Bertz CT molecular complexity index is 522. The van der Waals surface area contributed by atoms with Crippen molar-refractivity contribution in [2.24, 2.45) is 32.6 Å². The van der Waals surface area contributed by atoms with E-state index in [1.807, 2.05) is 19.9 Å². The van der Waals surface area contributed by atoms with Crippen molar-refractivity contribution in [3.8, 4) is 6.07 Å². The predicted octanol–water partition coefficient (Wildman–Crippen LogP) is 2.71. The summed E-state index contributed by atoms with van der Waals surface area (Å²) in [7, 11) is 0. The summed E-state index contributed by atoms with van der Waals surface area (Å²) < 4.78 is -0.846. The molecule has 0 aromatic heterocycles. The first-order valence-electron chi connectivity index (χ1n) is 6.16. The van der Waals surface area contributed by atoms with Crippen LogP contribution in [0.15, 0.2) is 15.4 Å². The molecule has 108 valence electrons. The molecule has 1 amide bonds. The van der Waals surface area contributed by atoms with Crippen LogP contribution in [0.1, 0.15) is 20.8 Å². The Balaban J connectivity index is 1.98. The van der Waals surface area contributed by atoms with Gasteiger partial charge in [0.2, 0.25) is 0 Å². The first-order chi connectivity index (χ1) is 9.23. The molecule has 1 aliphatic heterocycles. The zero-order chi connectivity index (χ0) is 15.1. The second kappa shape index (κ2) is 4.97. The molecule has 8 heteroatoms. The highest BCUT2D eigenvalue weighted by molar-refractivity contribution is 6.51. The maximum Gasteiger partial charge on any atom is 0.315 e. The Morgan fingerprint density at radius 3 is 2.65 bits per heavy atom. The third-order valence-corrected chi connectivity index (χ3v) is 5.44. The molecule has 20 heavy (non-hydrogen) atoms. The molecule has 0 aromatic rings. The molecular weight excluding hydrogens is 303 g/mol. The molecule has 0 spiro atoms. The van der Waals surface area contributed by atoms with Crippen LogP contribution < -0.4 is 0 Å². The number of carbonyl (C=O) groups is 1. The zero-order valence-electron chi connectivity index (χ0n) is 11.3. The maximum absolute atomic E-state index is 11.5. The first kappa shape index (κ1) is 15.2. The number of carbonyl (C=O) groups excluding carboxylic acids is 1. The zero-order valence-corrected chi connectivity index (χ0v) is 12.8. The van der Waals surface area contributed by atoms with Crippen LogP contribution in [-0.4, -0.2) is 28.6 Å². The smallest absolute Gasteiger partial charge is 0.315 e. The summed E-state index contributed by atoms with van der Waals surface area (Å²) >= 11 is 12.2.